The van der Waals surface area contributed by atoms with Gasteiger partial charge in [-0.2, -0.15) is 5.48 Å². The Morgan fingerprint density at radius 1 is 1.00 bits per heavy atom. The van der Waals surface area contributed by atoms with Crippen molar-refractivity contribution in [2.45, 2.75) is 97.3 Å². The molecule has 0 spiro atoms. The first-order valence-corrected chi connectivity index (χ1v) is 14.3. The first-order valence-electron chi connectivity index (χ1n) is 14.3. The second-order valence-electron chi connectivity index (χ2n) is 13.4. The zero-order valence-electron chi connectivity index (χ0n) is 22.0. The highest BCUT2D eigenvalue weighted by molar-refractivity contribution is 5.71. The fourth-order valence-corrected chi connectivity index (χ4v) is 9.14. The van der Waals surface area contributed by atoms with Crippen LogP contribution in [0.5, 0.6) is 0 Å². The lowest BCUT2D eigenvalue weighted by atomic mass is 9.49. The smallest absolute Gasteiger partial charge is 0.325 e. The van der Waals surface area contributed by atoms with Gasteiger partial charge in [-0.3, -0.25) is 4.79 Å². The van der Waals surface area contributed by atoms with E-state index in [9.17, 15) is 4.79 Å². The van der Waals surface area contributed by atoms with Crippen molar-refractivity contribution in [3.05, 3.63) is 35.9 Å². The summed E-state index contributed by atoms with van der Waals surface area (Å²) in [5.74, 6) is 6.29. The molecule has 1 aromatic rings. The molecule has 8 atom stereocenters. The molecular weight excluding hydrogens is 418 g/mol. The van der Waals surface area contributed by atoms with E-state index in [4.69, 9.17) is 4.84 Å². The lowest BCUT2D eigenvalue weighted by molar-refractivity contribution is -0.153. The average molecular weight is 466 g/mol. The molecule has 4 aliphatic rings. The van der Waals surface area contributed by atoms with Crippen molar-refractivity contribution < 1.29 is 9.63 Å². The van der Waals surface area contributed by atoms with Gasteiger partial charge in [-0.1, -0.05) is 64.4 Å². The van der Waals surface area contributed by atoms with E-state index in [-0.39, 0.29) is 11.4 Å². The molecule has 3 heteroatoms. The number of hydrogen-bond acceptors (Lipinski definition) is 3. The molecule has 4 fully saturated rings. The maximum Gasteiger partial charge on any atom is 0.325 e. The molecule has 0 amide bonds. The van der Waals surface area contributed by atoms with E-state index in [1.54, 1.807) is 0 Å². The largest absolute Gasteiger partial charge is 0.371 e. The summed E-state index contributed by atoms with van der Waals surface area (Å²) in [7, 11) is 0. The van der Waals surface area contributed by atoms with Gasteiger partial charge in [0.1, 0.15) is 0 Å². The predicted molar refractivity (Wildman–Crippen MR) is 138 cm³/mol. The third-order valence-corrected chi connectivity index (χ3v) is 11.1. The third kappa shape index (κ3) is 4.59. The van der Waals surface area contributed by atoms with Gasteiger partial charge in [0.2, 0.25) is 0 Å². The predicted octanol–water partition coefficient (Wildman–Crippen LogP) is 7.31. The van der Waals surface area contributed by atoms with Crippen LogP contribution in [0.4, 0.5) is 0 Å². The molecule has 5 rings (SSSR count). The van der Waals surface area contributed by atoms with Gasteiger partial charge in [-0.25, -0.2) is 0 Å². The van der Waals surface area contributed by atoms with Crippen molar-refractivity contribution in [3.8, 4) is 0 Å². The molecule has 0 bridgehead atoms. The molecule has 0 aromatic heterocycles. The summed E-state index contributed by atoms with van der Waals surface area (Å²) in [5.41, 5.74) is 4.50. The standard InChI is InChI=1S/C31H47NO2/c1-21-10-13-25-22(18-21)11-14-27-26(25)16-17-31(4)24(12-15-28(27)31)20-32-34-29(33)19-30(2,3)23-8-6-5-7-9-23/h5-9,21-22,24-28,32H,10-20H2,1-4H3/t21-,22+,24+,25-,26?,27+,28-,31+/m0/s1. The summed E-state index contributed by atoms with van der Waals surface area (Å²) in [6, 6.07) is 10.3. The Balaban J connectivity index is 1.14. The van der Waals surface area contributed by atoms with Crippen molar-refractivity contribution in [2.24, 2.45) is 46.8 Å². The molecule has 1 unspecified atom stereocenters. The summed E-state index contributed by atoms with van der Waals surface area (Å²) < 4.78 is 0. The summed E-state index contributed by atoms with van der Waals surface area (Å²) in [5, 5.41) is 0. The van der Waals surface area contributed by atoms with Crippen molar-refractivity contribution in [2.75, 3.05) is 6.54 Å². The Morgan fingerprint density at radius 2 is 1.76 bits per heavy atom. The zero-order chi connectivity index (χ0) is 23.9. The summed E-state index contributed by atoms with van der Waals surface area (Å²) in [4.78, 5) is 18.2. The number of carbonyl (C=O) groups excluding carboxylic acids is 1. The molecule has 188 valence electrons. The Hall–Kier alpha value is -1.35. The Bertz CT molecular complexity index is 850. The van der Waals surface area contributed by atoms with Crippen molar-refractivity contribution in [1.82, 2.24) is 5.48 Å². The second kappa shape index (κ2) is 9.60. The maximum absolute atomic E-state index is 12.6. The van der Waals surface area contributed by atoms with Crippen LogP contribution in [0.3, 0.4) is 0 Å². The Labute approximate surface area is 207 Å². The van der Waals surface area contributed by atoms with Crippen LogP contribution in [0.1, 0.15) is 97.5 Å². The molecule has 0 radical (unpaired) electrons. The van der Waals surface area contributed by atoms with Crippen LogP contribution in [0.15, 0.2) is 30.3 Å². The van der Waals surface area contributed by atoms with E-state index in [2.05, 4.69) is 45.3 Å². The number of nitrogens with one attached hydrogen (secondary N) is 1. The van der Waals surface area contributed by atoms with Crippen LogP contribution < -0.4 is 5.48 Å². The average Bonchev–Trinajstić information content (AvgIpc) is 3.15. The van der Waals surface area contributed by atoms with Crippen LogP contribution in [0, 0.1) is 46.8 Å². The lowest BCUT2D eigenvalue weighted by Gasteiger charge is -2.56. The molecule has 0 saturated heterocycles. The second-order valence-corrected chi connectivity index (χ2v) is 13.4. The number of benzene rings is 1. The molecular formula is C31H47NO2. The zero-order valence-corrected chi connectivity index (χ0v) is 22.0. The molecule has 1 N–H and O–H groups in total. The van der Waals surface area contributed by atoms with Crippen molar-refractivity contribution in [3.63, 3.8) is 0 Å². The van der Waals surface area contributed by atoms with Gasteiger partial charge in [-0.05, 0) is 104 Å². The van der Waals surface area contributed by atoms with Crippen LogP contribution in [0.25, 0.3) is 0 Å². The maximum atomic E-state index is 12.6. The van der Waals surface area contributed by atoms with E-state index < -0.39 is 0 Å². The van der Waals surface area contributed by atoms with Gasteiger partial charge in [0.05, 0.1) is 6.42 Å². The number of hydroxylamine groups is 1. The normalized spacial score (nSPS) is 39.6. The van der Waals surface area contributed by atoms with Crippen LogP contribution in [-0.4, -0.2) is 12.5 Å². The fraction of sp³-hybridized carbons (Fsp3) is 0.774. The highest BCUT2D eigenvalue weighted by atomic mass is 16.7. The minimum Gasteiger partial charge on any atom is -0.371 e. The fourth-order valence-electron chi connectivity index (χ4n) is 9.14. The molecule has 0 heterocycles. The van der Waals surface area contributed by atoms with E-state index in [1.165, 1.54) is 63.4 Å². The Kier molecular flexibility index (Phi) is 6.88. The number of rotatable bonds is 6. The molecule has 34 heavy (non-hydrogen) atoms. The van der Waals surface area contributed by atoms with Gasteiger partial charge in [0, 0.05) is 12.0 Å². The van der Waals surface area contributed by atoms with E-state index in [1.807, 2.05) is 18.2 Å². The van der Waals surface area contributed by atoms with Gasteiger partial charge < -0.3 is 4.84 Å². The number of hydrogen-bond donors (Lipinski definition) is 1. The summed E-state index contributed by atoms with van der Waals surface area (Å²) in [6.07, 6.45) is 13.3. The SMILES string of the molecule is C[C@H]1CC[C@@H]2C3CC[C@]4(C)[C@@H](CNOC(=O)CC(C)(C)c5ccccc5)CC[C@H]4[C@@H]3CC[C@@H]2C1. The lowest BCUT2D eigenvalue weighted by Crippen LogP contribution is -2.49. The summed E-state index contributed by atoms with van der Waals surface area (Å²) in [6.45, 7) is 10.1. The minimum absolute atomic E-state index is 0.151. The van der Waals surface area contributed by atoms with Crippen LogP contribution in [0.2, 0.25) is 0 Å². The third-order valence-electron chi connectivity index (χ3n) is 11.1. The topological polar surface area (TPSA) is 38.3 Å². The van der Waals surface area contributed by atoms with E-state index in [0.29, 0.717) is 17.8 Å². The molecule has 4 aliphatic carbocycles. The molecule has 0 aliphatic heterocycles. The molecule has 1 aromatic carbocycles. The monoisotopic (exact) mass is 465 g/mol. The van der Waals surface area contributed by atoms with Crippen molar-refractivity contribution in [1.29, 1.82) is 0 Å². The highest BCUT2D eigenvalue weighted by Gasteiger charge is 2.56. The molecule has 3 nitrogen and oxygen atoms in total. The quantitative estimate of drug-likeness (QED) is 0.448. The number of carbonyl (C=O) groups is 1. The van der Waals surface area contributed by atoms with E-state index in [0.717, 1.165) is 42.1 Å². The summed E-state index contributed by atoms with van der Waals surface area (Å²) >= 11 is 0. The Morgan fingerprint density at radius 3 is 2.56 bits per heavy atom. The van der Waals surface area contributed by atoms with E-state index >= 15 is 0 Å². The first-order chi connectivity index (χ1) is 16.3. The first kappa shape index (κ1) is 24.3. The molecule has 4 saturated carbocycles. The number of fused-ring (bicyclic) bond motifs is 5. The minimum atomic E-state index is -0.224. The van der Waals surface area contributed by atoms with Gasteiger partial charge >= 0.3 is 5.97 Å². The van der Waals surface area contributed by atoms with Gasteiger partial charge in [0.25, 0.3) is 0 Å². The van der Waals surface area contributed by atoms with Crippen molar-refractivity contribution >= 4 is 5.97 Å². The van der Waals surface area contributed by atoms with Gasteiger partial charge in [0.15, 0.2) is 0 Å². The van der Waals surface area contributed by atoms with Crippen LogP contribution >= 0.6 is 0 Å². The van der Waals surface area contributed by atoms with Gasteiger partial charge in [-0.15, -0.1) is 0 Å². The highest BCUT2D eigenvalue weighted by Crippen LogP contribution is 2.64. The van der Waals surface area contributed by atoms with Crippen LogP contribution in [-0.2, 0) is 15.0 Å².